The molecule has 0 amide bonds. The first-order chi connectivity index (χ1) is 7.31. The second-order valence-electron chi connectivity index (χ2n) is 3.86. The fraction of sp³-hybridized carbons (Fsp3) is 0.545. The molecule has 2 rings (SSSR count). The SMILES string of the molecule is NCc1ccc(Cl)c(N2CCCCC2)n1. The summed E-state index contributed by atoms with van der Waals surface area (Å²) in [6.07, 6.45) is 3.76. The van der Waals surface area contributed by atoms with Gasteiger partial charge in [-0.25, -0.2) is 4.98 Å². The fourth-order valence-corrected chi connectivity index (χ4v) is 2.14. The molecule has 15 heavy (non-hydrogen) atoms. The van der Waals surface area contributed by atoms with Gasteiger partial charge < -0.3 is 10.6 Å². The number of nitrogens with two attached hydrogens (primary N) is 1. The van der Waals surface area contributed by atoms with Gasteiger partial charge in [-0.05, 0) is 31.4 Å². The molecule has 1 saturated heterocycles. The molecule has 82 valence electrons. The molecular weight excluding hydrogens is 210 g/mol. The van der Waals surface area contributed by atoms with E-state index in [9.17, 15) is 0 Å². The molecule has 4 heteroatoms. The Morgan fingerprint density at radius 3 is 2.67 bits per heavy atom. The Labute approximate surface area is 95.2 Å². The van der Waals surface area contributed by atoms with Gasteiger partial charge in [0.1, 0.15) is 5.82 Å². The van der Waals surface area contributed by atoms with Gasteiger partial charge in [0.25, 0.3) is 0 Å². The maximum absolute atomic E-state index is 6.14. The van der Waals surface area contributed by atoms with Gasteiger partial charge in [0.15, 0.2) is 0 Å². The summed E-state index contributed by atoms with van der Waals surface area (Å²) in [5.41, 5.74) is 6.48. The van der Waals surface area contributed by atoms with Crippen molar-refractivity contribution in [2.75, 3.05) is 18.0 Å². The Hall–Kier alpha value is -0.800. The smallest absolute Gasteiger partial charge is 0.147 e. The van der Waals surface area contributed by atoms with E-state index < -0.39 is 0 Å². The molecule has 1 aromatic heterocycles. The van der Waals surface area contributed by atoms with Crippen LogP contribution in [0.5, 0.6) is 0 Å². The van der Waals surface area contributed by atoms with Gasteiger partial charge in [-0.3, -0.25) is 0 Å². The summed E-state index contributed by atoms with van der Waals surface area (Å²) in [7, 11) is 0. The summed E-state index contributed by atoms with van der Waals surface area (Å²) in [5, 5.41) is 0.731. The highest BCUT2D eigenvalue weighted by atomic mass is 35.5. The lowest BCUT2D eigenvalue weighted by molar-refractivity contribution is 0.573. The molecule has 2 N–H and O–H groups in total. The monoisotopic (exact) mass is 225 g/mol. The lowest BCUT2D eigenvalue weighted by atomic mass is 10.1. The maximum Gasteiger partial charge on any atom is 0.147 e. The molecular formula is C11H16ClN3. The summed E-state index contributed by atoms with van der Waals surface area (Å²) in [5.74, 6) is 0.902. The molecule has 0 bridgehead atoms. The van der Waals surface area contributed by atoms with Gasteiger partial charge in [-0.2, -0.15) is 0 Å². The highest BCUT2D eigenvalue weighted by molar-refractivity contribution is 6.32. The van der Waals surface area contributed by atoms with Crippen molar-refractivity contribution in [3.63, 3.8) is 0 Å². The quantitative estimate of drug-likeness (QED) is 0.839. The van der Waals surface area contributed by atoms with Crippen LogP contribution in [0.2, 0.25) is 5.02 Å². The van der Waals surface area contributed by atoms with Crippen LogP contribution in [-0.2, 0) is 6.54 Å². The normalized spacial score (nSPS) is 16.8. The fourth-order valence-electron chi connectivity index (χ4n) is 1.91. The third kappa shape index (κ3) is 2.41. The Morgan fingerprint density at radius 1 is 1.27 bits per heavy atom. The van der Waals surface area contributed by atoms with Crippen LogP contribution in [0.25, 0.3) is 0 Å². The first-order valence-corrected chi connectivity index (χ1v) is 5.79. The molecule has 0 aliphatic carbocycles. The Morgan fingerprint density at radius 2 is 2.00 bits per heavy atom. The maximum atomic E-state index is 6.14. The van der Waals surface area contributed by atoms with Crippen molar-refractivity contribution in [3.8, 4) is 0 Å². The van der Waals surface area contributed by atoms with Crippen LogP contribution in [0.4, 0.5) is 5.82 Å². The van der Waals surface area contributed by atoms with E-state index in [2.05, 4.69) is 9.88 Å². The number of piperidine rings is 1. The van der Waals surface area contributed by atoms with Crippen molar-refractivity contribution >= 4 is 17.4 Å². The molecule has 0 unspecified atom stereocenters. The zero-order chi connectivity index (χ0) is 10.7. The molecule has 0 radical (unpaired) electrons. The van der Waals surface area contributed by atoms with Crippen molar-refractivity contribution in [3.05, 3.63) is 22.8 Å². The highest BCUT2D eigenvalue weighted by Gasteiger charge is 2.15. The summed E-state index contributed by atoms with van der Waals surface area (Å²) in [4.78, 5) is 6.74. The largest absolute Gasteiger partial charge is 0.355 e. The van der Waals surface area contributed by atoms with Crippen molar-refractivity contribution in [2.24, 2.45) is 5.73 Å². The second-order valence-corrected chi connectivity index (χ2v) is 4.27. The van der Waals surface area contributed by atoms with E-state index in [4.69, 9.17) is 17.3 Å². The van der Waals surface area contributed by atoms with Crippen molar-refractivity contribution in [2.45, 2.75) is 25.8 Å². The van der Waals surface area contributed by atoms with E-state index in [1.54, 1.807) is 0 Å². The topological polar surface area (TPSA) is 42.1 Å². The third-order valence-corrected chi connectivity index (χ3v) is 3.04. The highest BCUT2D eigenvalue weighted by Crippen LogP contribution is 2.26. The van der Waals surface area contributed by atoms with Crippen molar-refractivity contribution in [1.82, 2.24) is 4.98 Å². The number of halogens is 1. The number of hydrogen-bond donors (Lipinski definition) is 1. The van der Waals surface area contributed by atoms with Crippen LogP contribution >= 0.6 is 11.6 Å². The minimum atomic E-state index is 0.470. The number of nitrogens with zero attached hydrogens (tertiary/aromatic N) is 2. The van der Waals surface area contributed by atoms with Gasteiger partial charge in [0.2, 0.25) is 0 Å². The molecule has 0 spiro atoms. The summed E-state index contributed by atoms with van der Waals surface area (Å²) < 4.78 is 0. The van der Waals surface area contributed by atoms with E-state index in [0.717, 1.165) is 29.6 Å². The lowest BCUT2D eigenvalue weighted by Crippen LogP contribution is -2.30. The molecule has 0 saturated carbocycles. The van der Waals surface area contributed by atoms with Crippen LogP contribution in [-0.4, -0.2) is 18.1 Å². The first-order valence-electron chi connectivity index (χ1n) is 5.41. The lowest BCUT2D eigenvalue weighted by Gasteiger charge is -2.28. The summed E-state index contributed by atoms with van der Waals surface area (Å²) in [6, 6.07) is 3.77. The summed E-state index contributed by atoms with van der Waals surface area (Å²) in [6.45, 7) is 2.58. The predicted molar refractivity (Wildman–Crippen MR) is 63.2 cm³/mol. The first kappa shape index (κ1) is 10.7. The second kappa shape index (κ2) is 4.81. The molecule has 1 aliphatic rings. The molecule has 0 aromatic carbocycles. The van der Waals surface area contributed by atoms with E-state index >= 15 is 0 Å². The third-order valence-electron chi connectivity index (χ3n) is 2.75. The average Bonchev–Trinajstić information content (AvgIpc) is 2.31. The zero-order valence-corrected chi connectivity index (χ0v) is 9.50. The number of rotatable bonds is 2. The minimum Gasteiger partial charge on any atom is -0.355 e. The Bertz CT molecular complexity index is 335. The van der Waals surface area contributed by atoms with Crippen LogP contribution in [0.1, 0.15) is 25.0 Å². The molecule has 1 aromatic rings. The molecule has 1 aliphatic heterocycles. The van der Waals surface area contributed by atoms with Gasteiger partial charge >= 0.3 is 0 Å². The van der Waals surface area contributed by atoms with E-state index in [0.29, 0.717) is 6.54 Å². The molecule has 2 heterocycles. The van der Waals surface area contributed by atoms with E-state index in [-0.39, 0.29) is 0 Å². The number of pyridine rings is 1. The molecule has 1 fully saturated rings. The van der Waals surface area contributed by atoms with Crippen LogP contribution in [0, 0.1) is 0 Å². The minimum absolute atomic E-state index is 0.470. The van der Waals surface area contributed by atoms with Gasteiger partial charge in [0.05, 0.1) is 10.7 Å². The van der Waals surface area contributed by atoms with Crippen LogP contribution < -0.4 is 10.6 Å². The Kier molecular flexibility index (Phi) is 3.44. The number of anilines is 1. The van der Waals surface area contributed by atoms with Crippen molar-refractivity contribution in [1.29, 1.82) is 0 Å². The van der Waals surface area contributed by atoms with Gasteiger partial charge in [-0.1, -0.05) is 11.6 Å². The molecule has 3 nitrogen and oxygen atoms in total. The van der Waals surface area contributed by atoms with E-state index in [1.807, 2.05) is 12.1 Å². The Balaban J connectivity index is 2.24. The van der Waals surface area contributed by atoms with Gasteiger partial charge in [0, 0.05) is 19.6 Å². The predicted octanol–water partition coefficient (Wildman–Crippen LogP) is 2.18. The number of aromatic nitrogens is 1. The standard InChI is InChI=1S/C11H16ClN3/c12-10-5-4-9(8-13)14-11(10)15-6-2-1-3-7-15/h4-5H,1-3,6-8,13H2. The van der Waals surface area contributed by atoms with Crippen LogP contribution in [0.15, 0.2) is 12.1 Å². The van der Waals surface area contributed by atoms with Crippen molar-refractivity contribution < 1.29 is 0 Å². The molecule has 0 atom stereocenters. The zero-order valence-electron chi connectivity index (χ0n) is 8.75. The van der Waals surface area contributed by atoms with E-state index in [1.165, 1.54) is 19.3 Å². The number of hydrogen-bond acceptors (Lipinski definition) is 3. The summed E-state index contributed by atoms with van der Waals surface area (Å²) >= 11 is 6.14. The van der Waals surface area contributed by atoms with Crippen LogP contribution in [0.3, 0.4) is 0 Å². The average molecular weight is 226 g/mol. The van der Waals surface area contributed by atoms with Gasteiger partial charge in [-0.15, -0.1) is 0 Å².